The summed E-state index contributed by atoms with van der Waals surface area (Å²) < 4.78 is 19.6. The first kappa shape index (κ1) is 13.0. The zero-order valence-electron chi connectivity index (χ0n) is 10.6. The molecule has 0 aliphatic heterocycles. The number of benzene rings is 1. The number of rotatable bonds is 4. The van der Waals surface area contributed by atoms with Gasteiger partial charge >= 0.3 is 5.97 Å². The van der Waals surface area contributed by atoms with Crippen LogP contribution in [0.25, 0.3) is 0 Å². The highest BCUT2D eigenvalue weighted by molar-refractivity contribution is 5.90. The zero-order valence-corrected chi connectivity index (χ0v) is 10.6. The van der Waals surface area contributed by atoms with Gasteiger partial charge in [-0.1, -0.05) is 5.21 Å². The number of ether oxygens (including phenoxy) is 1. The Morgan fingerprint density at radius 1 is 1.53 bits per heavy atom. The zero-order chi connectivity index (χ0) is 13.8. The molecule has 0 aliphatic rings. The van der Waals surface area contributed by atoms with Crippen LogP contribution in [0.15, 0.2) is 24.4 Å². The third kappa shape index (κ3) is 2.87. The number of hydrogen-bond donors (Lipinski definition) is 1. The first-order chi connectivity index (χ1) is 9.11. The van der Waals surface area contributed by atoms with Crippen molar-refractivity contribution in [3.05, 3.63) is 41.5 Å². The van der Waals surface area contributed by atoms with Gasteiger partial charge < -0.3 is 10.1 Å². The van der Waals surface area contributed by atoms with Gasteiger partial charge in [0.1, 0.15) is 5.82 Å². The van der Waals surface area contributed by atoms with Crippen molar-refractivity contribution in [1.82, 2.24) is 15.0 Å². The quantitative estimate of drug-likeness (QED) is 0.844. The number of esters is 1. The van der Waals surface area contributed by atoms with Crippen molar-refractivity contribution in [2.75, 3.05) is 12.4 Å². The van der Waals surface area contributed by atoms with Crippen molar-refractivity contribution >= 4 is 11.7 Å². The second kappa shape index (κ2) is 5.47. The lowest BCUT2D eigenvalue weighted by Gasteiger charge is -2.08. The molecule has 100 valence electrons. The van der Waals surface area contributed by atoms with Crippen LogP contribution in [0.2, 0.25) is 0 Å². The van der Waals surface area contributed by atoms with Gasteiger partial charge in [-0.15, -0.1) is 5.10 Å². The third-order valence-corrected chi connectivity index (χ3v) is 2.65. The van der Waals surface area contributed by atoms with Crippen LogP contribution >= 0.6 is 0 Å². The molecule has 0 spiro atoms. The van der Waals surface area contributed by atoms with E-state index in [2.05, 4.69) is 20.4 Å². The minimum atomic E-state index is -0.705. The number of methoxy groups -OCH3 is 1. The Hall–Kier alpha value is -2.44. The molecule has 1 aromatic heterocycles. The normalized spacial score (nSPS) is 10.3. The van der Waals surface area contributed by atoms with Crippen LogP contribution in [-0.4, -0.2) is 28.1 Å². The van der Waals surface area contributed by atoms with Crippen molar-refractivity contribution < 1.29 is 13.9 Å². The van der Waals surface area contributed by atoms with Gasteiger partial charge in [0.05, 0.1) is 31.1 Å². The minimum Gasteiger partial charge on any atom is -0.465 e. The SMILES string of the molecule is COC(=O)c1cc(NCc2cnnn2C)ccc1F. The van der Waals surface area contributed by atoms with Crippen LogP contribution in [0, 0.1) is 5.82 Å². The van der Waals surface area contributed by atoms with Crippen molar-refractivity contribution in [2.24, 2.45) is 7.05 Å². The van der Waals surface area contributed by atoms with E-state index >= 15 is 0 Å². The van der Waals surface area contributed by atoms with Gasteiger partial charge in [0, 0.05) is 12.7 Å². The molecule has 6 nitrogen and oxygen atoms in total. The summed E-state index contributed by atoms with van der Waals surface area (Å²) in [5.41, 5.74) is 1.38. The molecule has 2 aromatic rings. The molecule has 1 aromatic carbocycles. The highest BCUT2D eigenvalue weighted by Gasteiger charge is 2.12. The highest BCUT2D eigenvalue weighted by atomic mass is 19.1. The summed E-state index contributed by atoms with van der Waals surface area (Å²) in [6.45, 7) is 0.468. The molecule has 19 heavy (non-hydrogen) atoms. The second-order valence-corrected chi connectivity index (χ2v) is 3.89. The lowest BCUT2D eigenvalue weighted by Crippen LogP contribution is -2.08. The molecule has 0 atom stereocenters. The summed E-state index contributed by atoms with van der Waals surface area (Å²) in [4.78, 5) is 11.4. The molecule has 0 fully saturated rings. The minimum absolute atomic E-state index is 0.101. The molecule has 0 amide bonds. The van der Waals surface area contributed by atoms with Crippen LogP contribution in [-0.2, 0) is 18.3 Å². The fourth-order valence-electron chi connectivity index (χ4n) is 1.57. The summed E-state index contributed by atoms with van der Waals surface area (Å²) in [6, 6.07) is 4.17. The summed E-state index contributed by atoms with van der Waals surface area (Å²) in [6.07, 6.45) is 1.62. The maximum atomic E-state index is 13.4. The molecule has 0 aliphatic carbocycles. The van der Waals surface area contributed by atoms with Crippen LogP contribution in [0.4, 0.5) is 10.1 Å². The number of halogens is 1. The molecule has 1 heterocycles. The average molecular weight is 264 g/mol. The predicted octanol–water partition coefficient (Wildman–Crippen LogP) is 1.35. The van der Waals surface area contributed by atoms with Crippen molar-refractivity contribution in [3.63, 3.8) is 0 Å². The Balaban J connectivity index is 2.13. The first-order valence-electron chi connectivity index (χ1n) is 5.57. The molecule has 0 radical (unpaired) electrons. The molecular weight excluding hydrogens is 251 g/mol. The standard InChI is InChI=1S/C12H13FN4O2/c1-17-9(7-15-16-17)6-14-8-3-4-11(13)10(5-8)12(18)19-2/h3-5,7,14H,6H2,1-2H3. The summed E-state index contributed by atoms with van der Waals surface area (Å²) in [5.74, 6) is -1.32. The topological polar surface area (TPSA) is 69.0 Å². The highest BCUT2D eigenvalue weighted by Crippen LogP contribution is 2.16. The van der Waals surface area contributed by atoms with Gasteiger partial charge in [-0.2, -0.15) is 0 Å². The van der Waals surface area contributed by atoms with E-state index in [1.807, 2.05) is 0 Å². The van der Waals surface area contributed by atoms with E-state index in [-0.39, 0.29) is 5.56 Å². The van der Waals surface area contributed by atoms with Gasteiger partial charge in [0.25, 0.3) is 0 Å². The van der Waals surface area contributed by atoms with Gasteiger partial charge in [0.2, 0.25) is 0 Å². The number of aryl methyl sites for hydroxylation is 1. The van der Waals surface area contributed by atoms with E-state index in [4.69, 9.17) is 0 Å². The summed E-state index contributed by atoms with van der Waals surface area (Å²) in [7, 11) is 2.98. The van der Waals surface area contributed by atoms with Crippen LogP contribution < -0.4 is 5.32 Å². The first-order valence-corrected chi connectivity index (χ1v) is 5.57. The number of nitrogens with one attached hydrogen (secondary N) is 1. The molecule has 0 saturated carbocycles. The Morgan fingerprint density at radius 2 is 2.32 bits per heavy atom. The van der Waals surface area contributed by atoms with Crippen LogP contribution in [0.5, 0.6) is 0 Å². The van der Waals surface area contributed by atoms with E-state index in [0.717, 1.165) is 5.69 Å². The molecule has 0 bridgehead atoms. The lowest BCUT2D eigenvalue weighted by atomic mass is 10.2. The number of nitrogens with zero attached hydrogens (tertiary/aromatic N) is 3. The van der Waals surface area contributed by atoms with E-state index < -0.39 is 11.8 Å². The molecule has 0 saturated heterocycles. The number of carbonyl (C=O) groups excluding carboxylic acids is 1. The Labute approximate surface area is 109 Å². The fourth-order valence-corrected chi connectivity index (χ4v) is 1.57. The molecule has 7 heteroatoms. The fraction of sp³-hybridized carbons (Fsp3) is 0.250. The van der Waals surface area contributed by atoms with Gasteiger partial charge in [-0.3, -0.25) is 4.68 Å². The van der Waals surface area contributed by atoms with E-state index in [9.17, 15) is 9.18 Å². The second-order valence-electron chi connectivity index (χ2n) is 3.89. The third-order valence-electron chi connectivity index (χ3n) is 2.65. The van der Waals surface area contributed by atoms with Gasteiger partial charge in [-0.05, 0) is 18.2 Å². The Bertz CT molecular complexity index is 597. The van der Waals surface area contributed by atoms with Gasteiger partial charge in [-0.25, -0.2) is 9.18 Å². The molecular formula is C12H13FN4O2. The number of aromatic nitrogens is 3. The summed E-state index contributed by atoms with van der Waals surface area (Å²) in [5, 5.41) is 10.6. The van der Waals surface area contributed by atoms with E-state index in [1.54, 1.807) is 24.0 Å². The monoisotopic (exact) mass is 264 g/mol. The largest absolute Gasteiger partial charge is 0.465 e. The summed E-state index contributed by atoms with van der Waals surface area (Å²) >= 11 is 0. The van der Waals surface area contributed by atoms with Crippen molar-refractivity contribution in [2.45, 2.75) is 6.54 Å². The number of anilines is 1. The maximum absolute atomic E-state index is 13.4. The van der Waals surface area contributed by atoms with E-state index in [1.165, 1.54) is 19.2 Å². The molecule has 1 N–H and O–H groups in total. The number of carbonyl (C=O) groups is 1. The van der Waals surface area contributed by atoms with Crippen molar-refractivity contribution in [3.8, 4) is 0 Å². The van der Waals surface area contributed by atoms with Crippen LogP contribution in [0.1, 0.15) is 16.1 Å². The smallest absolute Gasteiger partial charge is 0.340 e. The Kier molecular flexibility index (Phi) is 3.74. The van der Waals surface area contributed by atoms with Crippen molar-refractivity contribution in [1.29, 1.82) is 0 Å². The maximum Gasteiger partial charge on any atom is 0.340 e. The predicted molar refractivity (Wildman–Crippen MR) is 66.1 cm³/mol. The van der Waals surface area contributed by atoms with E-state index in [0.29, 0.717) is 12.2 Å². The Morgan fingerprint density at radius 3 is 2.95 bits per heavy atom. The molecule has 2 rings (SSSR count). The van der Waals surface area contributed by atoms with Gasteiger partial charge in [0.15, 0.2) is 0 Å². The number of hydrogen-bond acceptors (Lipinski definition) is 5. The molecule has 0 unspecified atom stereocenters. The van der Waals surface area contributed by atoms with Crippen LogP contribution in [0.3, 0.4) is 0 Å². The lowest BCUT2D eigenvalue weighted by molar-refractivity contribution is 0.0595. The average Bonchev–Trinajstić information content (AvgIpc) is 2.82.